The van der Waals surface area contributed by atoms with E-state index in [4.69, 9.17) is 13.6 Å². The minimum atomic E-state index is -2.15. The van der Waals surface area contributed by atoms with E-state index in [9.17, 15) is 13.2 Å². The van der Waals surface area contributed by atoms with E-state index in [1.165, 1.54) is 0 Å². The van der Waals surface area contributed by atoms with Crippen LogP contribution in [0.15, 0.2) is 91.0 Å². The third-order valence-corrected chi connectivity index (χ3v) is 5.54. The standard InChI is InChI=1S/C24H24F3O3P/c25-22(19-10-4-1-5-11-19)16-28-31(29-17-23(26)20-12-6-2-7-13-20)30-18-24(27)21-14-8-3-9-15-21/h1-15,22-24H,16-18H2. The van der Waals surface area contributed by atoms with Gasteiger partial charge in [-0.2, -0.15) is 0 Å². The van der Waals surface area contributed by atoms with Crippen LogP contribution in [-0.2, 0) is 13.6 Å². The largest absolute Gasteiger partial charge is 0.332 e. The van der Waals surface area contributed by atoms with Crippen molar-refractivity contribution in [2.75, 3.05) is 19.8 Å². The minimum absolute atomic E-state index is 0.347. The van der Waals surface area contributed by atoms with E-state index in [1.807, 2.05) is 0 Å². The third-order valence-electron chi connectivity index (χ3n) is 4.46. The molecule has 0 aliphatic heterocycles. The van der Waals surface area contributed by atoms with E-state index in [2.05, 4.69) is 0 Å². The van der Waals surface area contributed by atoms with Crippen molar-refractivity contribution in [2.45, 2.75) is 18.5 Å². The van der Waals surface area contributed by atoms with Gasteiger partial charge in [-0.25, -0.2) is 13.2 Å². The Morgan fingerprint density at radius 3 is 1.00 bits per heavy atom. The summed E-state index contributed by atoms with van der Waals surface area (Å²) in [4.78, 5) is 0. The van der Waals surface area contributed by atoms with Gasteiger partial charge >= 0.3 is 8.60 Å². The molecule has 0 radical (unpaired) electrons. The van der Waals surface area contributed by atoms with E-state index in [-0.39, 0.29) is 19.8 Å². The summed E-state index contributed by atoms with van der Waals surface area (Å²) in [5.41, 5.74) is 1.33. The Labute approximate surface area is 181 Å². The van der Waals surface area contributed by atoms with Crippen molar-refractivity contribution < 1.29 is 26.7 Å². The molecule has 3 atom stereocenters. The summed E-state index contributed by atoms with van der Waals surface area (Å²) in [6.45, 7) is -1.04. The zero-order chi connectivity index (χ0) is 21.9. The summed E-state index contributed by atoms with van der Waals surface area (Å²) in [5, 5.41) is 0. The average Bonchev–Trinajstić information content (AvgIpc) is 2.84. The SMILES string of the molecule is FC(COP(OCC(F)c1ccccc1)OCC(F)c1ccccc1)c1ccccc1. The van der Waals surface area contributed by atoms with Crippen molar-refractivity contribution in [3.8, 4) is 0 Å². The van der Waals surface area contributed by atoms with Crippen molar-refractivity contribution in [3.63, 3.8) is 0 Å². The van der Waals surface area contributed by atoms with Crippen LogP contribution in [0.4, 0.5) is 13.2 Å². The first kappa shape index (κ1) is 23.4. The molecule has 0 spiro atoms. The Balaban J connectivity index is 1.57. The second kappa shape index (κ2) is 12.6. The van der Waals surface area contributed by atoms with Gasteiger partial charge in [-0.05, 0) is 16.7 Å². The van der Waals surface area contributed by atoms with Gasteiger partial charge in [-0.15, -0.1) is 0 Å². The highest BCUT2D eigenvalue weighted by Crippen LogP contribution is 2.43. The van der Waals surface area contributed by atoms with Crippen LogP contribution >= 0.6 is 8.60 Å². The van der Waals surface area contributed by atoms with Crippen molar-refractivity contribution in [1.29, 1.82) is 0 Å². The molecule has 0 saturated carbocycles. The van der Waals surface area contributed by atoms with Gasteiger partial charge in [0.15, 0.2) is 0 Å². The predicted molar refractivity (Wildman–Crippen MR) is 116 cm³/mol. The fraction of sp³-hybridized carbons (Fsp3) is 0.250. The lowest BCUT2D eigenvalue weighted by molar-refractivity contribution is 0.0928. The molecule has 0 saturated heterocycles. The molecule has 3 unspecified atom stereocenters. The van der Waals surface area contributed by atoms with Gasteiger partial charge in [-0.1, -0.05) is 91.0 Å². The number of hydrogen-bond acceptors (Lipinski definition) is 3. The maximum Gasteiger partial charge on any atom is 0.332 e. The maximum absolute atomic E-state index is 14.4. The Kier molecular flexibility index (Phi) is 9.50. The van der Waals surface area contributed by atoms with E-state index in [1.54, 1.807) is 91.0 Å². The lowest BCUT2D eigenvalue weighted by atomic mass is 10.1. The quantitative estimate of drug-likeness (QED) is 0.270. The summed E-state index contributed by atoms with van der Waals surface area (Å²) in [6, 6.07) is 25.5. The molecule has 3 nitrogen and oxygen atoms in total. The van der Waals surface area contributed by atoms with Crippen LogP contribution in [-0.4, -0.2) is 19.8 Å². The minimum Gasteiger partial charge on any atom is -0.309 e. The van der Waals surface area contributed by atoms with Crippen LogP contribution in [0.1, 0.15) is 35.2 Å². The van der Waals surface area contributed by atoms with Gasteiger partial charge < -0.3 is 13.6 Å². The first-order valence-corrected chi connectivity index (χ1v) is 11.0. The summed E-state index contributed by atoms with van der Waals surface area (Å²) in [5.74, 6) is 0. The fourth-order valence-corrected chi connectivity index (χ4v) is 3.75. The van der Waals surface area contributed by atoms with Crippen LogP contribution in [0, 0.1) is 0 Å². The lowest BCUT2D eigenvalue weighted by Crippen LogP contribution is -2.08. The summed E-state index contributed by atoms with van der Waals surface area (Å²) >= 11 is 0. The third kappa shape index (κ3) is 7.75. The summed E-state index contributed by atoms with van der Waals surface area (Å²) in [7, 11) is -2.15. The van der Waals surface area contributed by atoms with Crippen LogP contribution in [0.2, 0.25) is 0 Å². The number of halogens is 3. The zero-order valence-corrected chi connectivity index (χ0v) is 17.7. The molecule has 7 heteroatoms. The molecule has 0 N–H and O–H groups in total. The van der Waals surface area contributed by atoms with E-state index in [0.29, 0.717) is 16.7 Å². The molecule has 164 valence electrons. The Morgan fingerprint density at radius 2 is 0.742 bits per heavy atom. The van der Waals surface area contributed by atoms with Crippen molar-refractivity contribution >= 4 is 8.60 Å². The Morgan fingerprint density at radius 1 is 0.484 bits per heavy atom. The molecule has 0 aromatic heterocycles. The smallest absolute Gasteiger partial charge is 0.309 e. The van der Waals surface area contributed by atoms with Crippen LogP contribution in [0.25, 0.3) is 0 Å². The second-order valence-electron chi connectivity index (χ2n) is 6.75. The van der Waals surface area contributed by atoms with E-state index >= 15 is 0 Å². The fourth-order valence-electron chi connectivity index (χ4n) is 2.76. The van der Waals surface area contributed by atoms with Gasteiger partial charge in [0.25, 0.3) is 0 Å². The highest BCUT2D eigenvalue weighted by Gasteiger charge is 2.22. The normalized spacial score (nSPS) is 15.2. The predicted octanol–water partition coefficient (Wildman–Crippen LogP) is 7.40. The monoisotopic (exact) mass is 448 g/mol. The van der Waals surface area contributed by atoms with Crippen molar-refractivity contribution in [2.24, 2.45) is 0 Å². The Bertz CT molecular complexity index is 753. The van der Waals surface area contributed by atoms with Gasteiger partial charge in [0.05, 0.1) is 19.8 Å². The molecule has 0 aliphatic rings. The van der Waals surface area contributed by atoms with Gasteiger partial charge in [0.2, 0.25) is 0 Å². The molecular weight excluding hydrogens is 424 g/mol. The van der Waals surface area contributed by atoms with E-state index < -0.39 is 27.1 Å². The van der Waals surface area contributed by atoms with Gasteiger partial charge in [0.1, 0.15) is 18.5 Å². The average molecular weight is 448 g/mol. The van der Waals surface area contributed by atoms with E-state index in [0.717, 1.165) is 0 Å². The molecule has 0 heterocycles. The molecule has 3 aromatic rings. The highest BCUT2D eigenvalue weighted by atomic mass is 31.2. The van der Waals surface area contributed by atoms with Crippen molar-refractivity contribution in [3.05, 3.63) is 108 Å². The molecule has 31 heavy (non-hydrogen) atoms. The molecule has 0 aliphatic carbocycles. The number of hydrogen-bond donors (Lipinski definition) is 0. The molecule has 3 rings (SSSR count). The first-order chi connectivity index (χ1) is 15.1. The lowest BCUT2D eigenvalue weighted by Gasteiger charge is -2.20. The van der Waals surface area contributed by atoms with Gasteiger partial charge in [-0.3, -0.25) is 0 Å². The van der Waals surface area contributed by atoms with Crippen LogP contribution < -0.4 is 0 Å². The number of alkyl halides is 3. The molecule has 0 amide bonds. The van der Waals surface area contributed by atoms with Crippen molar-refractivity contribution in [1.82, 2.24) is 0 Å². The number of rotatable bonds is 12. The molecular formula is C24H24F3O3P. The Hall–Kier alpha value is -2.24. The van der Waals surface area contributed by atoms with Gasteiger partial charge in [0, 0.05) is 0 Å². The number of benzene rings is 3. The van der Waals surface area contributed by atoms with Crippen LogP contribution in [0.5, 0.6) is 0 Å². The molecule has 3 aromatic carbocycles. The second-order valence-corrected chi connectivity index (χ2v) is 7.97. The molecule has 0 fully saturated rings. The van der Waals surface area contributed by atoms with Crippen LogP contribution in [0.3, 0.4) is 0 Å². The zero-order valence-electron chi connectivity index (χ0n) is 16.8. The first-order valence-electron chi connectivity index (χ1n) is 9.89. The molecule has 0 bridgehead atoms. The summed E-state index contributed by atoms with van der Waals surface area (Å²) in [6.07, 6.45) is -4.24. The highest BCUT2D eigenvalue weighted by molar-refractivity contribution is 7.41. The topological polar surface area (TPSA) is 27.7 Å². The summed E-state index contributed by atoms with van der Waals surface area (Å²) < 4.78 is 59.7. The maximum atomic E-state index is 14.4.